The van der Waals surface area contributed by atoms with Gasteiger partial charge in [-0.1, -0.05) is 301 Å². The first-order chi connectivity index (χ1) is 39.2. The predicted octanol–water partition coefficient (Wildman–Crippen LogP) is 16.2. The third kappa shape index (κ3) is 44.8. The lowest BCUT2D eigenvalue weighted by Crippen LogP contribution is -2.60. The molecule has 1 rings (SSSR count). The standard InChI is InChI=1S/C69H131NO10/c1-3-5-7-9-11-13-15-17-19-21-23-25-27-29-30-31-32-33-35-36-38-40-42-44-46-48-50-52-54-56-61(72)64(74)60(59-79-69-67(77)66(76)65(75)63(58-71)80-69)70-68(78)62(73)57-55-53-51-49-47-45-43-41-39-37-34-28-26-24-22-20-18-16-14-12-10-8-6-4-2/h33,35,40,42,48,50,60-67,69,71-77H,3-32,34,36-39,41,43-47,49,51-59H2,1-2H3,(H,70,78)/b35-33+,42-40+,50-48+. The summed E-state index contributed by atoms with van der Waals surface area (Å²) < 4.78 is 11.2. The average Bonchev–Trinajstić information content (AvgIpc) is 3.47. The van der Waals surface area contributed by atoms with Gasteiger partial charge in [-0.3, -0.25) is 4.79 Å². The van der Waals surface area contributed by atoms with Gasteiger partial charge in [-0.25, -0.2) is 0 Å². The van der Waals surface area contributed by atoms with Gasteiger partial charge >= 0.3 is 0 Å². The van der Waals surface area contributed by atoms with Gasteiger partial charge in [-0.2, -0.15) is 0 Å². The second-order valence-electron chi connectivity index (χ2n) is 24.2. The van der Waals surface area contributed by atoms with E-state index in [0.29, 0.717) is 19.3 Å². The number of aliphatic hydroxyl groups is 7. The molecule has 1 aliphatic rings. The van der Waals surface area contributed by atoms with Gasteiger partial charge in [-0.15, -0.1) is 0 Å². The monoisotopic (exact) mass is 1130 g/mol. The molecule has 0 spiro atoms. The minimum absolute atomic E-state index is 0.243. The molecule has 0 aromatic rings. The summed E-state index contributed by atoms with van der Waals surface area (Å²) in [5, 5.41) is 76.4. The molecular weight excluding hydrogens is 1000 g/mol. The molecule has 1 saturated heterocycles. The number of ether oxygens (including phenoxy) is 2. The van der Waals surface area contributed by atoms with E-state index in [4.69, 9.17) is 9.47 Å². The van der Waals surface area contributed by atoms with Crippen LogP contribution in [0.4, 0.5) is 0 Å². The summed E-state index contributed by atoms with van der Waals surface area (Å²) in [5.74, 6) is -0.707. The Kier molecular flexibility index (Phi) is 55.1. The number of allylic oxidation sites excluding steroid dienone is 6. The fourth-order valence-corrected chi connectivity index (χ4v) is 11.1. The fraction of sp³-hybridized carbons (Fsp3) is 0.899. The molecule has 9 atom stereocenters. The number of hydrogen-bond donors (Lipinski definition) is 8. The molecule has 0 aromatic carbocycles. The summed E-state index contributed by atoms with van der Waals surface area (Å²) in [6.07, 6.45) is 62.3. The van der Waals surface area contributed by atoms with Crippen molar-refractivity contribution in [2.75, 3.05) is 13.2 Å². The van der Waals surface area contributed by atoms with Gasteiger partial charge in [0.25, 0.3) is 0 Å². The lowest BCUT2D eigenvalue weighted by Gasteiger charge is -2.40. The molecule has 0 bridgehead atoms. The highest BCUT2D eigenvalue weighted by molar-refractivity contribution is 5.80. The molecule has 80 heavy (non-hydrogen) atoms. The maximum absolute atomic E-state index is 13.2. The van der Waals surface area contributed by atoms with Crippen molar-refractivity contribution in [2.24, 2.45) is 0 Å². The minimum Gasteiger partial charge on any atom is -0.394 e. The molecule has 472 valence electrons. The molecule has 1 aliphatic heterocycles. The molecule has 11 heteroatoms. The molecule has 0 aromatic heterocycles. The molecule has 0 radical (unpaired) electrons. The van der Waals surface area contributed by atoms with Crippen molar-refractivity contribution in [3.05, 3.63) is 36.5 Å². The summed E-state index contributed by atoms with van der Waals surface area (Å²) in [6.45, 7) is 3.49. The number of unbranched alkanes of at least 4 members (excludes halogenated alkanes) is 42. The number of amides is 1. The highest BCUT2D eigenvalue weighted by atomic mass is 16.7. The van der Waals surface area contributed by atoms with Crippen molar-refractivity contribution in [1.29, 1.82) is 0 Å². The van der Waals surface area contributed by atoms with E-state index in [2.05, 4.69) is 55.6 Å². The van der Waals surface area contributed by atoms with E-state index in [1.54, 1.807) is 0 Å². The Labute approximate surface area is 492 Å². The number of rotatable bonds is 60. The van der Waals surface area contributed by atoms with Crippen LogP contribution in [0.1, 0.15) is 328 Å². The lowest BCUT2D eigenvalue weighted by molar-refractivity contribution is -0.303. The Balaban J connectivity index is 2.25. The van der Waals surface area contributed by atoms with Gasteiger partial charge in [0, 0.05) is 0 Å². The smallest absolute Gasteiger partial charge is 0.249 e. The average molecular weight is 1130 g/mol. The summed E-state index contributed by atoms with van der Waals surface area (Å²) in [6, 6.07) is -1.19. The molecule has 0 aliphatic carbocycles. The van der Waals surface area contributed by atoms with E-state index >= 15 is 0 Å². The number of carbonyl (C=O) groups excluding carboxylic acids is 1. The Morgan fingerprint density at radius 3 is 1.11 bits per heavy atom. The Bertz CT molecular complexity index is 1390. The van der Waals surface area contributed by atoms with Crippen molar-refractivity contribution in [3.63, 3.8) is 0 Å². The summed E-state index contributed by atoms with van der Waals surface area (Å²) in [4.78, 5) is 13.2. The van der Waals surface area contributed by atoms with Crippen LogP contribution in [-0.2, 0) is 14.3 Å². The number of carbonyl (C=O) groups is 1. The quantitative estimate of drug-likeness (QED) is 0.0215. The molecule has 0 saturated carbocycles. The van der Waals surface area contributed by atoms with Gasteiger partial charge < -0.3 is 50.5 Å². The fourth-order valence-electron chi connectivity index (χ4n) is 11.1. The second kappa shape index (κ2) is 57.7. The van der Waals surface area contributed by atoms with Gasteiger partial charge in [0.1, 0.15) is 36.6 Å². The van der Waals surface area contributed by atoms with Gasteiger partial charge in [-0.05, 0) is 64.2 Å². The predicted molar refractivity (Wildman–Crippen MR) is 335 cm³/mol. The molecule has 11 nitrogen and oxygen atoms in total. The van der Waals surface area contributed by atoms with E-state index in [9.17, 15) is 40.5 Å². The number of nitrogens with one attached hydrogen (secondary N) is 1. The van der Waals surface area contributed by atoms with Crippen molar-refractivity contribution in [2.45, 2.75) is 384 Å². The van der Waals surface area contributed by atoms with Crippen LogP contribution >= 0.6 is 0 Å². The van der Waals surface area contributed by atoms with Crippen LogP contribution in [0.2, 0.25) is 0 Å². The highest BCUT2D eigenvalue weighted by Gasteiger charge is 2.44. The summed E-state index contributed by atoms with van der Waals surface area (Å²) >= 11 is 0. The van der Waals surface area contributed by atoms with Crippen LogP contribution < -0.4 is 5.32 Å². The lowest BCUT2D eigenvalue weighted by atomic mass is 9.98. The first-order valence-corrected chi connectivity index (χ1v) is 34.4. The van der Waals surface area contributed by atoms with Crippen molar-refractivity contribution in [3.8, 4) is 0 Å². The summed E-state index contributed by atoms with van der Waals surface area (Å²) in [5.41, 5.74) is 0. The molecule has 9 unspecified atom stereocenters. The Morgan fingerprint density at radius 1 is 0.425 bits per heavy atom. The van der Waals surface area contributed by atoms with E-state index in [1.165, 1.54) is 238 Å². The second-order valence-corrected chi connectivity index (χ2v) is 24.2. The molecule has 1 heterocycles. The van der Waals surface area contributed by atoms with E-state index < -0.39 is 74.2 Å². The van der Waals surface area contributed by atoms with Gasteiger partial charge in [0.2, 0.25) is 5.91 Å². The normalized spacial score (nSPS) is 19.4. The summed E-state index contributed by atoms with van der Waals surface area (Å²) in [7, 11) is 0. The van der Waals surface area contributed by atoms with Gasteiger partial charge in [0.15, 0.2) is 6.29 Å². The van der Waals surface area contributed by atoms with Crippen LogP contribution in [0.3, 0.4) is 0 Å². The van der Waals surface area contributed by atoms with Crippen LogP contribution in [-0.4, -0.2) is 110 Å². The Morgan fingerprint density at radius 2 is 0.750 bits per heavy atom. The maximum atomic E-state index is 13.2. The molecule has 1 amide bonds. The van der Waals surface area contributed by atoms with E-state index in [-0.39, 0.29) is 12.8 Å². The first-order valence-electron chi connectivity index (χ1n) is 34.4. The SMILES string of the molecule is CCCCCCCCCCCCCCCCCC/C=C/CC/C=C/CC/C=C/CCCC(O)C(O)C(COC1OC(CO)C(O)C(O)C1O)NC(=O)C(O)CCCCCCCCCCCCCCCCCCCCCCCCCC. The van der Waals surface area contributed by atoms with Crippen molar-refractivity contribution < 1.29 is 50.0 Å². The van der Waals surface area contributed by atoms with E-state index in [0.717, 1.165) is 44.9 Å². The van der Waals surface area contributed by atoms with Crippen LogP contribution in [0.15, 0.2) is 36.5 Å². The highest BCUT2D eigenvalue weighted by Crippen LogP contribution is 2.24. The maximum Gasteiger partial charge on any atom is 0.249 e. The Hall–Kier alpha value is -1.67. The molecule has 8 N–H and O–H groups in total. The topological polar surface area (TPSA) is 189 Å². The zero-order chi connectivity index (χ0) is 58.2. The van der Waals surface area contributed by atoms with E-state index in [1.807, 2.05) is 0 Å². The van der Waals surface area contributed by atoms with Crippen LogP contribution in [0, 0.1) is 0 Å². The first kappa shape index (κ1) is 76.3. The molecule has 1 fully saturated rings. The largest absolute Gasteiger partial charge is 0.394 e. The third-order valence-electron chi connectivity index (χ3n) is 16.7. The van der Waals surface area contributed by atoms with Crippen molar-refractivity contribution >= 4 is 5.91 Å². The minimum atomic E-state index is -1.67. The van der Waals surface area contributed by atoms with Crippen molar-refractivity contribution in [1.82, 2.24) is 5.32 Å². The zero-order valence-electron chi connectivity index (χ0n) is 52.1. The number of aliphatic hydroxyl groups excluding tert-OH is 7. The van der Waals surface area contributed by atoms with Gasteiger partial charge in [0.05, 0.1) is 25.4 Å². The van der Waals surface area contributed by atoms with Crippen LogP contribution in [0.25, 0.3) is 0 Å². The zero-order valence-corrected chi connectivity index (χ0v) is 52.1. The molecular formula is C69H131NO10. The number of hydrogen-bond acceptors (Lipinski definition) is 10. The van der Waals surface area contributed by atoms with Crippen LogP contribution in [0.5, 0.6) is 0 Å². The third-order valence-corrected chi connectivity index (χ3v) is 16.7.